The number of nitrogens with zero attached hydrogens (tertiary/aromatic N) is 4. The molecule has 1 amide bonds. The Morgan fingerprint density at radius 1 is 1.50 bits per heavy atom. The molecule has 1 N–H and O–H groups in total. The smallest absolute Gasteiger partial charge is 0.273 e. The van der Waals surface area contributed by atoms with Crippen molar-refractivity contribution < 1.29 is 4.79 Å². The molecule has 0 aromatic carbocycles. The van der Waals surface area contributed by atoms with E-state index in [0.717, 1.165) is 15.7 Å². The zero-order valence-electron chi connectivity index (χ0n) is 10.2. The molecule has 2 rings (SSSR count). The van der Waals surface area contributed by atoms with Gasteiger partial charge in [0.25, 0.3) is 5.91 Å². The number of carbonyl (C=O) groups is 1. The first-order valence-corrected chi connectivity index (χ1v) is 6.66. The maximum absolute atomic E-state index is 11.9. The normalized spacial score (nSPS) is 10.6. The molecule has 18 heavy (non-hydrogen) atoms. The predicted octanol–water partition coefficient (Wildman–Crippen LogP) is 1.17. The molecule has 0 spiro atoms. The van der Waals surface area contributed by atoms with Crippen LogP contribution in [0.5, 0.6) is 0 Å². The molecule has 96 valence electrons. The Labute approximate surface area is 119 Å². The second-order valence-corrected chi connectivity index (χ2v) is 5.05. The second-order valence-electron chi connectivity index (χ2n) is 3.89. The van der Waals surface area contributed by atoms with Gasteiger partial charge in [-0.15, -0.1) is 0 Å². The molecule has 0 aliphatic heterocycles. The lowest BCUT2D eigenvalue weighted by Gasteiger charge is -2.01. The molecule has 0 aliphatic rings. The molecular formula is C11H14IN5O. The van der Waals surface area contributed by atoms with Crippen molar-refractivity contribution in [3.8, 4) is 0 Å². The molecule has 2 aromatic heterocycles. The fraction of sp³-hybridized carbons (Fsp3) is 0.364. The lowest BCUT2D eigenvalue weighted by molar-refractivity contribution is 0.0944. The maximum atomic E-state index is 11.9. The first-order valence-electron chi connectivity index (χ1n) is 5.58. The quantitative estimate of drug-likeness (QED) is 0.834. The fourth-order valence-electron chi connectivity index (χ4n) is 1.55. The van der Waals surface area contributed by atoms with E-state index < -0.39 is 0 Å². The van der Waals surface area contributed by atoms with Crippen LogP contribution in [0.3, 0.4) is 0 Å². The Hall–Kier alpha value is -1.38. The largest absolute Gasteiger partial charge is 0.346 e. The van der Waals surface area contributed by atoms with Crippen LogP contribution in [0.2, 0.25) is 0 Å². The lowest BCUT2D eigenvalue weighted by atomic mass is 10.3. The van der Waals surface area contributed by atoms with E-state index >= 15 is 0 Å². The van der Waals surface area contributed by atoms with Gasteiger partial charge in [0.15, 0.2) is 5.69 Å². The number of aromatic nitrogens is 4. The van der Waals surface area contributed by atoms with Crippen LogP contribution in [-0.2, 0) is 20.1 Å². The molecule has 0 fully saturated rings. The van der Waals surface area contributed by atoms with Crippen LogP contribution in [0.4, 0.5) is 0 Å². The molecule has 6 nitrogen and oxygen atoms in total. The van der Waals surface area contributed by atoms with E-state index in [9.17, 15) is 4.79 Å². The van der Waals surface area contributed by atoms with Crippen molar-refractivity contribution in [2.24, 2.45) is 7.05 Å². The van der Waals surface area contributed by atoms with E-state index in [1.54, 1.807) is 17.9 Å². The van der Waals surface area contributed by atoms with Crippen LogP contribution < -0.4 is 5.32 Å². The summed E-state index contributed by atoms with van der Waals surface area (Å²) in [5.74, 6) is -0.163. The van der Waals surface area contributed by atoms with Gasteiger partial charge in [-0.1, -0.05) is 0 Å². The predicted molar refractivity (Wildman–Crippen MR) is 75.0 cm³/mol. The summed E-state index contributed by atoms with van der Waals surface area (Å²) in [6.07, 6.45) is 5.49. The average molecular weight is 359 g/mol. The minimum absolute atomic E-state index is 0.163. The number of hydrogen-bond acceptors (Lipinski definition) is 3. The third kappa shape index (κ3) is 2.89. The van der Waals surface area contributed by atoms with Gasteiger partial charge in [0, 0.05) is 38.1 Å². The Morgan fingerprint density at radius 3 is 2.83 bits per heavy atom. The van der Waals surface area contributed by atoms with Gasteiger partial charge in [0.1, 0.15) is 0 Å². The molecule has 0 aliphatic carbocycles. The van der Waals surface area contributed by atoms with Crippen molar-refractivity contribution in [3.05, 3.63) is 33.4 Å². The third-order valence-electron chi connectivity index (χ3n) is 2.46. The summed E-state index contributed by atoms with van der Waals surface area (Å²) in [6.45, 7) is 3.31. The van der Waals surface area contributed by atoms with Crippen LogP contribution in [0.1, 0.15) is 23.0 Å². The van der Waals surface area contributed by atoms with Crippen LogP contribution in [0, 0.1) is 3.57 Å². The number of halogens is 1. The number of nitrogens with one attached hydrogen (secondary N) is 1. The highest BCUT2D eigenvalue weighted by molar-refractivity contribution is 14.1. The average Bonchev–Trinajstić information content (AvgIpc) is 2.92. The lowest BCUT2D eigenvalue weighted by Crippen LogP contribution is -2.24. The van der Waals surface area contributed by atoms with E-state index in [1.807, 2.05) is 24.0 Å². The van der Waals surface area contributed by atoms with Gasteiger partial charge in [-0.3, -0.25) is 14.2 Å². The molecule has 0 saturated carbocycles. The highest BCUT2D eigenvalue weighted by Gasteiger charge is 2.13. The molecule has 2 heterocycles. The molecule has 2 aromatic rings. The topological polar surface area (TPSA) is 64.7 Å². The molecule has 0 unspecified atom stereocenters. The third-order valence-corrected chi connectivity index (χ3v) is 3.25. The standard InChI is InChI=1S/C11H14IN5O/c1-3-17-6-8(5-14-17)4-13-11(18)10-9(12)7-16(2)15-10/h5-7H,3-4H2,1-2H3,(H,13,18). The number of aryl methyl sites for hydroxylation is 2. The first kappa shape index (κ1) is 13.1. The summed E-state index contributed by atoms with van der Waals surface area (Å²) in [5, 5.41) is 11.1. The Balaban J connectivity index is 1.98. The monoisotopic (exact) mass is 359 g/mol. The molecule has 0 radical (unpaired) electrons. The van der Waals surface area contributed by atoms with Crippen molar-refractivity contribution in [2.75, 3.05) is 0 Å². The zero-order valence-corrected chi connectivity index (χ0v) is 12.4. The Morgan fingerprint density at radius 2 is 2.28 bits per heavy atom. The van der Waals surface area contributed by atoms with Gasteiger partial charge in [-0.05, 0) is 29.5 Å². The van der Waals surface area contributed by atoms with Gasteiger partial charge in [-0.25, -0.2) is 0 Å². The van der Waals surface area contributed by atoms with Gasteiger partial charge in [-0.2, -0.15) is 10.2 Å². The van der Waals surface area contributed by atoms with Crippen LogP contribution in [0.25, 0.3) is 0 Å². The Bertz CT molecular complexity index is 560. The first-order chi connectivity index (χ1) is 8.60. The van der Waals surface area contributed by atoms with E-state index in [2.05, 4.69) is 38.1 Å². The number of rotatable bonds is 4. The summed E-state index contributed by atoms with van der Waals surface area (Å²) in [7, 11) is 1.80. The van der Waals surface area contributed by atoms with Crippen molar-refractivity contribution in [2.45, 2.75) is 20.0 Å². The van der Waals surface area contributed by atoms with Crippen molar-refractivity contribution in [3.63, 3.8) is 0 Å². The summed E-state index contributed by atoms with van der Waals surface area (Å²) in [6, 6.07) is 0. The van der Waals surface area contributed by atoms with Crippen molar-refractivity contribution >= 4 is 28.5 Å². The van der Waals surface area contributed by atoms with Gasteiger partial charge >= 0.3 is 0 Å². The van der Waals surface area contributed by atoms with Gasteiger partial charge < -0.3 is 5.32 Å². The maximum Gasteiger partial charge on any atom is 0.273 e. The fourth-order valence-corrected chi connectivity index (χ4v) is 2.31. The summed E-state index contributed by atoms with van der Waals surface area (Å²) < 4.78 is 4.30. The van der Waals surface area contributed by atoms with Crippen LogP contribution in [-0.4, -0.2) is 25.5 Å². The molecule has 0 bridgehead atoms. The molecule has 7 heteroatoms. The summed E-state index contributed by atoms with van der Waals surface area (Å²) in [4.78, 5) is 11.9. The SMILES string of the molecule is CCn1cc(CNC(=O)c2nn(C)cc2I)cn1. The number of hydrogen-bond donors (Lipinski definition) is 1. The van der Waals surface area contributed by atoms with Gasteiger partial charge in [0.05, 0.1) is 9.77 Å². The number of amides is 1. The summed E-state index contributed by atoms with van der Waals surface area (Å²) >= 11 is 2.10. The molecule has 0 saturated heterocycles. The highest BCUT2D eigenvalue weighted by Crippen LogP contribution is 2.09. The zero-order chi connectivity index (χ0) is 13.1. The van der Waals surface area contributed by atoms with Crippen molar-refractivity contribution in [1.29, 1.82) is 0 Å². The van der Waals surface area contributed by atoms with E-state index in [4.69, 9.17) is 0 Å². The van der Waals surface area contributed by atoms with Crippen molar-refractivity contribution in [1.82, 2.24) is 24.9 Å². The molecule has 0 atom stereocenters. The minimum Gasteiger partial charge on any atom is -0.346 e. The van der Waals surface area contributed by atoms with Gasteiger partial charge in [0.2, 0.25) is 0 Å². The Kier molecular flexibility index (Phi) is 4.00. The van der Waals surface area contributed by atoms with E-state index in [-0.39, 0.29) is 5.91 Å². The van der Waals surface area contributed by atoms with Crippen LogP contribution >= 0.6 is 22.6 Å². The minimum atomic E-state index is -0.163. The van der Waals surface area contributed by atoms with E-state index in [0.29, 0.717) is 12.2 Å². The number of carbonyl (C=O) groups excluding carboxylic acids is 1. The second kappa shape index (κ2) is 5.51. The van der Waals surface area contributed by atoms with E-state index in [1.165, 1.54) is 0 Å². The molecular weight excluding hydrogens is 345 g/mol. The van der Waals surface area contributed by atoms with Crippen LogP contribution in [0.15, 0.2) is 18.6 Å². The summed E-state index contributed by atoms with van der Waals surface area (Å²) in [5.41, 5.74) is 1.44. The highest BCUT2D eigenvalue weighted by atomic mass is 127.